The topological polar surface area (TPSA) is 90.9 Å². The maximum absolute atomic E-state index is 15.9. The Bertz CT molecular complexity index is 1670. The van der Waals surface area contributed by atoms with Crippen molar-refractivity contribution in [2.75, 3.05) is 19.1 Å². The number of rotatable bonds is 7. The molecule has 3 aromatic rings. The normalized spacial score (nSPS) is 21.1. The number of hydrogen-bond acceptors (Lipinski definition) is 7. The Labute approximate surface area is 276 Å². The van der Waals surface area contributed by atoms with Gasteiger partial charge in [-0.3, -0.25) is 4.79 Å². The molecule has 2 heterocycles. The highest BCUT2D eigenvalue weighted by Gasteiger charge is 2.39. The molecule has 12 heteroatoms. The molecule has 2 fully saturated rings. The van der Waals surface area contributed by atoms with E-state index in [1.54, 1.807) is 25.3 Å². The average Bonchev–Trinajstić information content (AvgIpc) is 3.09. The van der Waals surface area contributed by atoms with Gasteiger partial charge in [-0.1, -0.05) is 18.9 Å². The van der Waals surface area contributed by atoms with Crippen LogP contribution in [0.1, 0.15) is 85.5 Å². The number of alkyl halides is 3. The van der Waals surface area contributed by atoms with Crippen molar-refractivity contribution in [2.24, 2.45) is 11.8 Å². The third-order valence-electron chi connectivity index (χ3n) is 9.02. The van der Waals surface area contributed by atoms with E-state index in [0.29, 0.717) is 50.1 Å². The highest BCUT2D eigenvalue weighted by Crippen LogP contribution is 2.41. The molecule has 0 radical (unpaired) electrons. The van der Waals surface area contributed by atoms with Gasteiger partial charge in [0.15, 0.2) is 11.6 Å². The third-order valence-corrected chi connectivity index (χ3v) is 9.02. The van der Waals surface area contributed by atoms with Crippen LogP contribution in [0, 0.1) is 29.5 Å². The Morgan fingerprint density at radius 2 is 1.67 bits per heavy atom. The summed E-state index contributed by atoms with van der Waals surface area (Å²) in [6, 6.07) is 7.29. The van der Waals surface area contributed by atoms with Crippen LogP contribution in [-0.2, 0) is 20.4 Å². The Kier molecular flexibility index (Phi) is 11.0. The van der Waals surface area contributed by atoms with E-state index in [-0.39, 0.29) is 40.8 Å². The van der Waals surface area contributed by atoms with Crippen LogP contribution in [0.25, 0.3) is 0 Å². The van der Waals surface area contributed by atoms with E-state index in [1.165, 1.54) is 11.1 Å². The first kappa shape index (κ1) is 34.8. The molecule has 0 atom stereocenters. The summed E-state index contributed by atoms with van der Waals surface area (Å²) >= 11 is 0. The molecule has 1 amide bonds. The number of ether oxygens (including phenoxy) is 3. The van der Waals surface area contributed by atoms with Gasteiger partial charge >= 0.3 is 12.1 Å². The largest absolute Gasteiger partial charge is 0.465 e. The van der Waals surface area contributed by atoms with Crippen LogP contribution >= 0.6 is 0 Å². The lowest BCUT2D eigenvalue weighted by atomic mass is 9.81. The van der Waals surface area contributed by atoms with Gasteiger partial charge in [0.2, 0.25) is 11.8 Å². The Morgan fingerprint density at radius 3 is 2.29 bits per heavy atom. The lowest BCUT2D eigenvalue weighted by Gasteiger charge is -2.40. The second-order valence-corrected chi connectivity index (χ2v) is 12.3. The zero-order chi connectivity index (χ0) is 34.4. The fourth-order valence-corrected chi connectivity index (χ4v) is 6.31. The van der Waals surface area contributed by atoms with Gasteiger partial charge in [0, 0.05) is 49.2 Å². The highest BCUT2D eigenvalue weighted by atomic mass is 19.4. The summed E-state index contributed by atoms with van der Waals surface area (Å²) in [5, 5.41) is 0. The molecular formula is C36H37F4N3O5. The Balaban J connectivity index is 1.53. The molecule has 48 heavy (non-hydrogen) atoms. The number of benzene rings is 1. The first-order chi connectivity index (χ1) is 23.0. The fraction of sp³-hybridized carbons (Fsp3) is 0.444. The molecule has 0 unspecified atom stereocenters. The summed E-state index contributed by atoms with van der Waals surface area (Å²) in [4.78, 5) is 36.7. The molecule has 2 aliphatic carbocycles. The maximum atomic E-state index is 15.9. The molecule has 254 valence electrons. The zero-order valence-corrected chi connectivity index (χ0v) is 27.0. The van der Waals surface area contributed by atoms with E-state index in [9.17, 15) is 22.8 Å². The number of halogens is 4. The minimum absolute atomic E-state index is 0.0136. The first-order valence-electron chi connectivity index (χ1n) is 15.9. The van der Waals surface area contributed by atoms with Gasteiger partial charge in [-0.25, -0.2) is 19.2 Å². The van der Waals surface area contributed by atoms with Crippen molar-refractivity contribution < 1.29 is 41.4 Å². The number of carbonyl (C=O) groups is 2. The van der Waals surface area contributed by atoms with E-state index >= 15 is 4.39 Å². The van der Waals surface area contributed by atoms with E-state index in [4.69, 9.17) is 14.2 Å². The molecule has 2 aromatic heterocycles. The van der Waals surface area contributed by atoms with Gasteiger partial charge in [0.25, 0.3) is 0 Å². The van der Waals surface area contributed by atoms with Crippen LogP contribution in [0.15, 0.2) is 48.8 Å². The van der Waals surface area contributed by atoms with Crippen LogP contribution in [0.5, 0.6) is 11.6 Å². The minimum Gasteiger partial charge on any atom is -0.465 e. The summed E-state index contributed by atoms with van der Waals surface area (Å²) in [7, 11) is 2.76. The maximum Gasteiger partial charge on any atom is 0.421 e. The van der Waals surface area contributed by atoms with Crippen molar-refractivity contribution in [1.82, 2.24) is 9.97 Å². The van der Waals surface area contributed by atoms with E-state index in [0.717, 1.165) is 44.3 Å². The molecule has 0 spiro atoms. The van der Waals surface area contributed by atoms with Crippen LogP contribution in [0.2, 0.25) is 0 Å². The minimum atomic E-state index is -4.94. The summed E-state index contributed by atoms with van der Waals surface area (Å²) < 4.78 is 74.4. The molecule has 2 saturated carbocycles. The quantitative estimate of drug-likeness (QED) is 0.145. The SMILES string of the molecule is COC(=O)c1cc(Oc2ncc(C#Cc3ccccn3)cc2C(F)(F)F)c(F)cc1N(C(=O)C1CCC(C)CC1)C1CCC(OC)CC1. The average molecular weight is 668 g/mol. The van der Waals surface area contributed by atoms with Gasteiger partial charge in [-0.05, 0) is 81.4 Å². The number of methoxy groups -OCH3 is 2. The van der Waals surface area contributed by atoms with Crippen molar-refractivity contribution >= 4 is 17.6 Å². The number of hydrogen-bond donors (Lipinski definition) is 0. The molecule has 1 aromatic carbocycles. The number of esters is 1. The number of pyridine rings is 2. The van der Waals surface area contributed by atoms with Crippen LogP contribution in [0.3, 0.4) is 0 Å². The molecule has 0 N–H and O–H groups in total. The van der Waals surface area contributed by atoms with Crippen molar-refractivity contribution in [1.29, 1.82) is 0 Å². The number of anilines is 1. The Morgan fingerprint density at radius 1 is 0.938 bits per heavy atom. The monoisotopic (exact) mass is 667 g/mol. The number of nitrogens with zero attached hydrogens (tertiary/aromatic N) is 3. The van der Waals surface area contributed by atoms with Crippen molar-refractivity contribution in [2.45, 2.75) is 76.6 Å². The predicted molar refractivity (Wildman–Crippen MR) is 169 cm³/mol. The molecule has 0 saturated heterocycles. The van der Waals surface area contributed by atoms with Crippen LogP contribution < -0.4 is 9.64 Å². The van der Waals surface area contributed by atoms with Gasteiger partial charge < -0.3 is 19.1 Å². The summed E-state index contributed by atoms with van der Waals surface area (Å²) in [6.45, 7) is 2.14. The molecular weight excluding hydrogens is 630 g/mol. The van der Waals surface area contributed by atoms with E-state index in [1.807, 2.05) is 0 Å². The fourth-order valence-electron chi connectivity index (χ4n) is 6.31. The Hall–Kier alpha value is -4.50. The van der Waals surface area contributed by atoms with Crippen molar-refractivity contribution in [3.63, 3.8) is 0 Å². The smallest absolute Gasteiger partial charge is 0.421 e. The van der Waals surface area contributed by atoms with Crippen LogP contribution in [-0.4, -0.2) is 48.2 Å². The molecule has 8 nitrogen and oxygen atoms in total. The van der Waals surface area contributed by atoms with Gasteiger partial charge in [-0.15, -0.1) is 0 Å². The lowest BCUT2D eigenvalue weighted by Crippen LogP contribution is -2.47. The molecule has 5 rings (SSSR count). The van der Waals surface area contributed by atoms with Crippen LogP contribution in [0.4, 0.5) is 23.2 Å². The lowest BCUT2D eigenvalue weighted by molar-refractivity contribution is -0.139. The van der Waals surface area contributed by atoms with E-state index in [2.05, 4.69) is 28.7 Å². The van der Waals surface area contributed by atoms with Gasteiger partial charge in [0.1, 0.15) is 11.3 Å². The second kappa shape index (κ2) is 15.2. The summed E-state index contributed by atoms with van der Waals surface area (Å²) in [5.41, 5.74) is -1.24. The standard InChI is InChI=1S/C36H37F4N3O5/c1-22-7-10-24(11-8-22)34(44)43(26-13-15-27(46-2)16-14-26)31-20-30(37)32(19-28(31)35(45)47-3)48-33-29(36(38,39)40)18-23(21-42-33)9-12-25-6-4-5-17-41-25/h4-6,17-22,24,26-27H,7-8,10-11,13-16H2,1-3H3. The first-order valence-corrected chi connectivity index (χ1v) is 15.9. The summed E-state index contributed by atoms with van der Waals surface area (Å²) in [5.74, 6) is 1.61. The summed E-state index contributed by atoms with van der Waals surface area (Å²) in [6.07, 6.45) is 3.15. The number of amides is 1. The predicted octanol–water partition coefficient (Wildman–Crippen LogP) is 7.73. The molecule has 0 bridgehead atoms. The third kappa shape index (κ3) is 8.13. The van der Waals surface area contributed by atoms with Crippen molar-refractivity contribution in [3.05, 3.63) is 77.0 Å². The molecule has 0 aliphatic heterocycles. The van der Waals surface area contributed by atoms with Gasteiger partial charge in [-0.2, -0.15) is 13.2 Å². The van der Waals surface area contributed by atoms with Gasteiger partial charge in [0.05, 0.1) is 24.5 Å². The second-order valence-electron chi connectivity index (χ2n) is 12.3. The highest BCUT2D eigenvalue weighted by molar-refractivity contribution is 6.04. The van der Waals surface area contributed by atoms with E-state index < -0.39 is 35.2 Å². The zero-order valence-electron chi connectivity index (χ0n) is 27.0. The number of aromatic nitrogens is 2. The number of carbonyl (C=O) groups excluding carboxylic acids is 2. The van der Waals surface area contributed by atoms with Crippen molar-refractivity contribution in [3.8, 4) is 23.5 Å². The molecule has 2 aliphatic rings.